The van der Waals surface area contributed by atoms with Crippen molar-refractivity contribution in [3.63, 3.8) is 0 Å². The zero-order chi connectivity index (χ0) is 19.6. The summed E-state index contributed by atoms with van der Waals surface area (Å²) in [4.78, 5) is 12.3. The van der Waals surface area contributed by atoms with Gasteiger partial charge in [-0.2, -0.15) is 0 Å². The molecule has 5 nitrogen and oxygen atoms in total. The van der Waals surface area contributed by atoms with Crippen LogP contribution in [0, 0.1) is 12.8 Å². The first-order chi connectivity index (χ1) is 14.3. The number of ether oxygens (including phenoxy) is 1. The highest BCUT2D eigenvalue weighted by molar-refractivity contribution is 5.59. The number of benzene rings is 1. The molecule has 0 amide bonds. The van der Waals surface area contributed by atoms with E-state index in [4.69, 9.17) is 14.7 Å². The third-order valence-corrected chi connectivity index (χ3v) is 7.05. The number of aromatic nitrogens is 2. The van der Waals surface area contributed by atoms with Crippen molar-refractivity contribution >= 4 is 0 Å². The second-order valence-electron chi connectivity index (χ2n) is 8.93. The van der Waals surface area contributed by atoms with E-state index in [1.807, 2.05) is 6.92 Å². The van der Waals surface area contributed by atoms with E-state index in [-0.39, 0.29) is 0 Å². The monoisotopic (exact) mass is 392 g/mol. The molecule has 1 unspecified atom stereocenters. The summed E-state index contributed by atoms with van der Waals surface area (Å²) >= 11 is 0. The van der Waals surface area contributed by atoms with Gasteiger partial charge in [0.2, 0.25) is 0 Å². The van der Waals surface area contributed by atoms with Crippen LogP contribution < -0.4 is 5.32 Å². The lowest BCUT2D eigenvalue weighted by atomic mass is 9.74. The van der Waals surface area contributed by atoms with Crippen molar-refractivity contribution in [3.8, 4) is 11.3 Å². The maximum Gasteiger partial charge on any atom is 0.126 e. The molecule has 154 valence electrons. The number of hydrogen-bond donors (Lipinski definition) is 1. The molecule has 0 aliphatic carbocycles. The smallest absolute Gasteiger partial charge is 0.126 e. The van der Waals surface area contributed by atoms with Gasteiger partial charge in [-0.15, -0.1) is 0 Å². The van der Waals surface area contributed by atoms with Gasteiger partial charge in [-0.1, -0.05) is 30.3 Å². The third-order valence-electron chi connectivity index (χ3n) is 7.05. The van der Waals surface area contributed by atoms with Crippen molar-refractivity contribution in [3.05, 3.63) is 47.9 Å². The summed E-state index contributed by atoms with van der Waals surface area (Å²) in [6.45, 7) is 7.33. The second-order valence-corrected chi connectivity index (χ2v) is 8.93. The van der Waals surface area contributed by atoms with Gasteiger partial charge < -0.3 is 10.1 Å². The minimum absolute atomic E-state index is 0.534. The van der Waals surface area contributed by atoms with Gasteiger partial charge in [-0.05, 0) is 51.1 Å². The van der Waals surface area contributed by atoms with Crippen LogP contribution in [0.15, 0.2) is 36.4 Å². The topological polar surface area (TPSA) is 50.3 Å². The first-order valence-electron chi connectivity index (χ1n) is 11.2. The summed E-state index contributed by atoms with van der Waals surface area (Å²) in [6.07, 6.45) is 4.88. The predicted molar refractivity (Wildman–Crippen MR) is 115 cm³/mol. The van der Waals surface area contributed by atoms with Crippen LogP contribution in [0.3, 0.4) is 0 Å². The Morgan fingerprint density at radius 2 is 1.93 bits per heavy atom. The van der Waals surface area contributed by atoms with E-state index in [0.29, 0.717) is 18.0 Å². The third kappa shape index (κ3) is 4.23. The summed E-state index contributed by atoms with van der Waals surface area (Å²) in [5, 5.41) is 3.82. The van der Waals surface area contributed by atoms with Gasteiger partial charge in [0.1, 0.15) is 5.82 Å². The Kier molecular flexibility index (Phi) is 5.62. The van der Waals surface area contributed by atoms with Crippen LogP contribution in [0.25, 0.3) is 11.3 Å². The van der Waals surface area contributed by atoms with Crippen LogP contribution >= 0.6 is 0 Å². The molecule has 4 saturated heterocycles. The molecule has 4 atom stereocenters. The van der Waals surface area contributed by atoms with E-state index in [0.717, 1.165) is 56.6 Å². The Labute approximate surface area is 173 Å². The fraction of sp³-hybridized carbons (Fsp3) is 0.583. The first kappa shape index (κ1) is 19.2. The highest BCUT2D eigenvalue weighted by atomic mass is 16.5. The van der Waals surface area contributed by atoms with E-state index in [1.165, 1.54) is 30.6 Å². The number of rotatable bonds is 5. The quantitative estimate of drug-likeness (QED) is 0.845. The van der Waals surface area contributed by atoms with Gasteiger partial charge in [0.25, 0.3) is 0 Å². The average molecular weight is 393 g/mol. The van der Waals surface area contributed by atoms with Gasteiger partial charge in [-0.25, -0.2) is 9.97 Å². The first-order valence-corrected chi connectivity index (χ1v) is 11.2. The molecule has 4 aliphatic rings. The van der Waals surface area contributed by atoms with Crippen molar-refractivity contribution in [1.29, 1.82) is 0 Å². The standard InChI is InChI=1S/C24H32N4O/c1-17-26-23(18-5-3-2-4-6-18)14-24(27-17)22-16-28-10-7-19(22)13-21(28)15-25-20-8-11-29-12-9-20/h2-6,14,19-22,25H,7-13,15-16H2,1H3/t19-,21+,22+/m0/s1. The molecule has 5 heteroatoms. The Hall–Kier alpha value is -1.82. The summed E-state index contributed by atoms with van der Waals surface area (Å²) in [7, 11) is 0. The number of piperidine rings is 3. The minimum atomic E-state index is 0.534. The molecule has 2 aromatic rings. The lowest BCUT2D eigenvalue weighted by Gasteiger charge is -2.50. The van der Waals surface area contributed by atoms with Crippen LogP contribution in [-0.2, 0) is 4.74 Å². The minimum Gasteiger partial charge on any atom is -0.381 e. The van der Waals surface area contributed by atoms with E-state index in [1.54, 1.807) is 0 Å². The van der Waals surface area contributed by atoms with E-state index in [9.17, 15) is 0 Å². The Morgan fingerprint density at radius 3 is 2.69 bits per heavy atom. The maximum absolute atomic E-state index is 5.49. The molecule has 5 heterocycles. The Morgan fingerprint density at radius 1 is 1.10 bits per heavy atom. The SMILES string of the molecule is Cc1nc(-c2ccccc2)cc([C@@H]2CN3CC[C@H]2C[C@@H]3CNC2CCOCC2)n1. The van der Waals surface area contributed by atoms with Gasteiger partial charge in [0.15, 0.2) is 0 Å². The molecular weight excluding hydrogens is 360 g/mol. The van der Waals surface area contributed by atoms with Crippen LogP contribution in [0.1, 0.15) is 43.1 Å². The van der Waals surface area contributed by atoms with Gasteiger partial charge in [0.05, 0.1) is 5.69 Å². The highest BCUT2D eigenvalue weighted by Gasteiger charge is 2.41. The molecule has 2 bridgehead atoms. The highest BCUT2D eigenvalue weighted by Crippen LogP contribution is 2.41. The lowest BCUT2D eigenvalue weighted by Crippen LogP contribution is -2.56. The number of nitrogens with zero attached hydrogens (tertiary/aromatic N) is 3. The Bertz CT molecular complexity index is 821. The van der Waals surface area contributed by atoms with Crippen LogP contribution in [0.5, 0.6) is 0 Å². The molecule has 0 spiro atoms. The van der Waals surface area contributed by atoms with E-state index in [2.05, 4.69) is 46.6 Å². The fourth-order valence-corrected chi connectivity index (χ4v) is 5.43. The zero-order valence-electron chi connectivity index (χ0n) is 17.4. The summed E-state index contributed by atoms with van der Waals surface area (Å²) in [5.74, 6) is 2.15. The lowest BCUT2D eigenvalue weighted by molar-refractivity contribution is 0.0235. The molecule has 1 aromatic carbocycles. The van der Waals surface area contributed by atoms with Crippen molar-refractivity contribution < 1.29 is 4.74 Å². The molecule has 1 aromatic heterocycles. The van der Waals surface area contributed by atoms with Crippen molar-refractivity contribution in [2.45, 2.75) is 50.6 Å². The second kappa shape index (κ2) is 8.50. The van der Waals surface area contributed by atoms with Gasteiger partial charge >= 0.3 is 0 Å². The zero-order valence-corrected chi connectivity index (χ0v) is 17.4. The van der Waals surface area contributed by atoms with Crippen molar-refractivity contribution in [1.82, 2.24) is 20.2 Å². The van der Waals surface area contributed by atoms with E-state index < -0.39 is 0 Å². The molecular formula is C24H32N4O. The molecule has 1 N–H and O–H groups in total. The van der Waals surface area contributed by atoms with Crippen LogP contribution in [0.4, 0.5) is 0 Å². The molecule has 0 saturated carbocycles. The van der Waals surface area contributed by atoms with Crippen LogP contribution in [-0.4, -0.2) is 59.8 Å². The van der Waals surface area contributed by atoms with Gasteiger partial charge in [-0.3, -0.25) is 4.90 Å². The maximum atomic E-state index is 5.49. The Balaban J connectivity index is 1.28. The summed E-state index contributed by atoms with van der Waals surface area (Å²) in [6, 6.07) is 14.0. The molecule has 4 fully saturated rings. The largest absolute Gasteiger partial charge is 0.381 e. The number of nitrogens with one attached hydrogen (secondary N) is 1. The number of fused-ring (bicyclic) bond motifs is 3. The predicted octanol–water partition coefficient (Wildman–Crippen LogP) is 3.40. The molecule has 4 aliphatic heterocycles. The van der Waals surface area contributed by atoms with Gasteiger partial charge in [0, 0.05) is 55.6 Å². The molecule has 6 rings (SSSR count). The summed E-state index contributed by atoms with van der Waals surface area (Å²) in [5.41, 5.74) is 3.48. The normalized spacial score (nSPS) is 29.8. The van der Waals surface area contributed by atoms with Crippen molar-refractivity contribution in [2.24, 2.45) is 5.92 Å². The summed E-state index contributed by atoms with van der Waals surface area (Å²) < 4.78 is 5.49. The molecule has 29 heavy (non-hydrogen) atoms. The molecule has 0 radical (unpaired) electrons. The number of hydrogen-bond acceptors (Lipinski definition) is 5. The number of aryl methyl sites for hydroxylation is 1. The van der Waals surface area contributed by atoms with E-state index >= 15 is 0 Å². The average Bonchev–Trinajstić information content (AvgIpc) is 2.79. The van der Waals surface area contributed by atoms with Crippen LogP contribution in [0.2, 0.25) is 0 Å². The van der Waals surface area contributed by atoms with Crippen molar-refractivity contribution in [2.75, 3.05) is 32.8 Å². The fourth-order valence-electron chi connectivity index (χ4n) is 5.43.